The number of rotatable bonds is 5. The average molecular weight is 239 g/mol. The molecule has 0 atom stereocenters. The van der Waals surface area contributed by atoms with Gasteiger partial charge in [0, 0.05) is 6.54 Å². The van der Waals surface area contributed by atoms with Crippen LogP contribution in [0, 0.1) is 11.2 Å². The monoisotopic (exact) mass is 239 g/mol. The number of hydrogen-bond acceptors (Lipinski definition) is 2. The van der Waals surface area contributed by atoms with Crippen LogP contribution in [0.15, 0.2) is 18.2 Å². The normalized spacial score (nSPS) is 11.6. The number of nitrogens with one attached hydrogen (secondary N) is 1. The summed E-state index contributed by atoms with van der Waals surface area (Å²) in [7, 11) is 1.47. The van der Waals surface area contributed by atoms with Crippen molar-refractivity contribution in [3.05, 3.63) is 29.6 Å². The maximum Gasteiger partial charge on any atom is 0.165 e. The molecule has 0 aromatic heterocycles. The van der Waals surface area contributed by atoms with Gasteiger partial charge in [-0.05, 0) is 36.1 Å². The standard InChI is InChI=1S/C14H22FNO/c1-14(2,3)7-8-16-10-11-5-6-13(17-4)12(15)9-11/h5-6,9,16H,7-8,10H2,1-4H3. The van der Waals surface area contributed by atoms with E-state index in [1.807, 2.05) is 6.07 Å². The van der Waals surface area contributed by atoms with E-state index in [9.17, 15) is 4.39 Å². The summed E-state index contributed by atoms with van der Waals surface area (Å²) >= 11 is 0. The number of halogens is 1. The molecule has 0 bridgehead atoms. The van der Waals surface area contributed by atoms with E-state index in [0.29, 0.717) is 17.7 Å². The Kier molecular flexibility index (Phi) is 4.94. The van der Waals surface area contributed by atoms with Crippen molar-refractivity contribution in [2.45, 2.75) is 33.7 Å². The maximum absolute atomic E-state index is 13.4. The first kappa shape index (κ1) is 14.0. The lowest BCUT2D eigenvalue weighted by molar-refractivity contribution is 0.366. The van der Waals surface area contributed by atoms with Crippen LogP contribution in [0.3, 0.4) is 0 Å². The summed E-state index contributed by atoms with van der Waals surface area (Å²) in [5.74, 6) is -0.00828. The van der Waals surface area contributed by atoms with Gasteiger partial charge in [-0.3, -0.25) is 0 Å². The summed E-state index contributed by atoms with van der Waals surface area (Å²) in [6.45, 7) is 8.26. The first-order chi connectivity index (χ1) is 7.92. The van der Waals surface area contributed by atoms with Crippen LogP contribution in [0.25, 0.3) is 0 Å². The molecule has 1 aromatic carbocycles. The largest absolute Gasteiger partial charge is 0.494 e. The number of benzene rings is 1. The Hall–Kier alpha value is -1.09. The van der Waals surface area contributed by atoms with Gasteiger partial charge in [-0.1, -0.05) is 26.8 Å². The molecule has 1 aromatic rings. The fourth-order valence-corrected chi connectivity index (χ4v) is 1.52. The van der Waals surface area contributed by atoms with E-state index < -0.39 is 0 Å². The molecule has 2 nitrogen and oxygen atoms in total. The van der Waals surface area contributed by atoms with Crippen LogP contribution in [0.1, 0.15) is 32.8 Å². The van der Waals surface area contributed by atoms with E-state index >= 15 is 0 Å². The van der Waals surface area contributed by atoms with Gasteiger partial charge in [-0.15, -0.1) is 0 Å². The van der Waals surface area contributed by atoms with Gasteiger partial charge in [0.05, 0.1) is 7.11 Å². The van der Waals surface area contributed by atoms with Crippen LogP contribution in [-0.4, -0.2) is 13.7 Å². The molecule has 0 radical (unpaired) electrons. The van der Waals surface area contributed by atoms with Gasteiger partial charge >= 0.3 is 0 Å². The number of hydrogen-bond donors (Lipinski definition) is 1. The van der Waals surface area contributed by atoms with Gasteiger partial charge in [0.25, 0.3) is 0 Å². The Labute approximate surface area is 103 Å². The molecule has 0 amide bonds. The summed E-state index contributed by atoms with van der Waals surface area (Å²) < 4.78 is 18.3. The highest BCUT2D eigenvalue weighted by Gasteiger charge is 2.09. The molecule has 96 valence electrons. The molecule has 1 N–H and O–H groups in total. The summed E-state index contributed by atoms with van der Waals surface area (Å²) in [6, 6.07) is 5.06. The smallest absolute Gasteiger partial charge is 0.165 e. The number of methoxy groups -OCH3 is 1. The van der Waals surface area contributed by atoms with Gasteiger partial charge in [0.1, 0.15) is 0 Å². The van der Waals surface area contributed by atoms with Gasteiger partial charge in [0.15, 0.2) is 11.6 Å². The van der Waals surface area contributed by atoms with Gasteiger partial charge in [-0.25, -0.2) is 4.39 Å². The van der Waals surface area contributed by atoms with Crippen LogP contribution in [0.5, 0.6) is 5.75 Å². The van der Waals surface area contributed by atoms with Crippen molar-refractivity contribution in [2.24, 2.45) is 5.41 Å². The molecular formula is C14H22FNO. The van der Waals surface area contributed by atoms with Gasteiger partial charge in [-0.2, -0.15) is 0 Å². The lowest BCUT2D eigenvalue weighted by Crippen LogP contribution is -2.20. The highest BCUT2D eigenvalue weighted by Crippen LogP contribution is 2.18. The molecule has 0 aliphatic carbocycles. The third-order valence-electron chi connectivity index (χ3n) is 2.60. The Morgan fingerprint density at radius 3 is 2.53 bits per heavy atom. The maximum atomic E-state index is 13.4. The second-order valence-electron chi connectivity index (χ2n) is 5.46. The van der Waals surface area contributed by atoms with Crippen LogP contribution >= 0.6 is 0 Å². The molecule has 0 fully saturated rings. The van der Waals surface area contributed by atoms with Crippen molar-refractivity contribution in [1.29, 1.82) is 0 Å². The van der Waals surface area contributed by atoms with Gasteiger partial charge in [0.2, 0.25) is 0 Å². The first-order valence-electron chi connectivity index (χ1n) is 5.95. The Morgan fingerprint density at radius 2 is 2.00 bits per heavy atom. The third-order valence-corrected chi connectivity index (χ3v) is 2.60. The van der Waals surface area contributed by atoms with E-state index in [2.05, 4.69) is 26.1 Å². The van der Waals surface area contributed by atoms with Crippen molar-refractivity contribution < 1.29 is 9.13 Å². The van der Waals surface area contributed by atoms with E-state index in [4.69, 9.17) is 4.74 Å². The fraction of sp³-hybridized carbons (Fsp3) is 0.571. The molecule has 0 saturated carbocycles. The first-order valence-corrected chi connectivity index (χ1v) is 5.95. The predicted octanol–water partition coefficient (Wildman–Crippen LogP) is 3.36. The van der Waals surface area contributed by atoms with Crippen molar-refractivity contribution in [1.82, 2.24) is 5.32 Å². The third kappa shape index (κ3) is 5.18. The molecule has 3 heteroatoms. The molecule has 0 heterocycles. The van der Waals surface area contributed by atoms with Crippen molar-refractivity contribution in [2.75, 3.05) is 13.7 Å². The minimum atomic E-state index is -0.303. The molecule has 0 spiro atoms. The Balaban J connectivity index is 2.40. The van der Waals surface area contributed by atoms with Crippen LogP contribution in [-0.2, 0) is 6.54 Å². The molecule has 1 rings (SSSR count). The van der Waals surface area contributed by atoms with Crippen molar-refractivity contribution in [3.63, 3.8) is 0 Å². The SMILES string of the molecule is COc1ccc(CNCCC(C)(C)C)cc1F. The van der Waals surface area contributed by atoms with Gasteiger partial charge < -0.3 is 10.1 Å². The second-order valence-corrected chi connectivity index (χ2v) is 5.46. The van der Waals surface area contributed by atoms with Crippen LogP contribution in [0.2, 0.25) is 0 Å². The summed E-state index contributed by atoms with van der Waals surface area (Å²) in [5.41, 5.74) is 1.27. The topological polar surface area (TPSA) is 21.3 Å². The Morgan fingerprint density at radius 1 is 1.29 bits per heavy atom. The minimum absolute atomic E-state index is 0.295. The minimum Gasteiger partial charge on any atom is -0.494 e. The predicted molar refractivity (Wildman–Crippen MR) is 68.7 cm³/mol. The Bertz CT molecular complexity index is 358. The van der Waals surface area contributed by atoms with E-state index in [1.54, 1.807) is 6.07 Å². The highest BCUT2D eigenvalue weighted by molar-refractivity contribution is 5.29. The molecule has 17 heavy (non-hydrogen) atoms. The highest BCUT2D eigenvalue weighted by atomic mass is 19.1. The molecule has 0 unspecified atom stereocenters. The lowest BCUT2D eigenvalue weighted by Gasteiger charge is -2.18. The van der Waals surface area contributed by atoms with Crippen molar-refractivity contribution in [3.8, 4) is 5.75 Å². The molecule has 0 aliphatic heterocycles. The second kappa shape index (κ2) is 6.01. The van der Waals surface area contributed by atoms with E-state index in [0.717, 1.165) is 18.5 Å². The summed E-state index contributed by atoms with van der Waals surface area (Å²) in [6.07, 6.45) is 1.10. The lowest BCUT2D eigenvalue weighted by atomic mass is 9.92. The zero-order chi connectivity index (χ0) is 12.9. The zero-order valence-corrected chi connectivity index (χ0v) is 11.1. The van der Waals surface area contributed by atoms with Crippen molar-refractivity contribution >= 4 is 0 Å². The zero-order valence-electron chi connectivity index (χ0n) is 11.1. The molecular weight excluding hydrogens is 217 g/mol. The average Bonchev–Trinajstić information content (AvgIpc) is 2.23. The number of ether oxygens (including phenoxy) is 1. The molecule has 0 aliphatic rings. The summed E-state index contributed by atoms with van der Waals surface area (Å²) in [5, 5.41) is 3.32. The van der Waals surface area contributed by atoms with Crippen LogP contribution in [0.4, 0.5) is 4.39 Å². The molecule has 0 saturated heterocycles. The quantitative estimate of drug-likeness (QED) is 0.795. The van der Waals surface area contributed by atoms with E-state index in [-0.39, 0.29) is 5.82 Å². The van der Waals surface area contributed by atoms with E-state index in [1.165, 1.54) is 13.2 Å². The van der Waals surface area contributed by atoms with Crippen LogP contribution < -0.4 is 10.1 Å². The fourth-order valence-electron chi connectivity index (χ4n) is 1.52. The summed E-state index contributed by atoms with van der Waals surface area (Å²) in [4.78, 5) is 0.